The van der Waals surface area contributed by atoms with Gasteiger partial charge in [0.1, 0.15) is 5.56 Å². The topological polar surface area (TPSA) is 57.5 Å². The fourth-order valence-electron chi connectivity index (χ4n) is 0.857. The lowest BCUT2D eigenvalue weighted by Gasteiger charge is -2.02. The number of rotatable bonds is 2. The predicted octanol–water partition coefficient (Wildman–Crippen LogP) is 1.95. The summed E-state index contributed by atoms with van der Waals surface area (Å²) >= 11 is 1.23. The maximum Gasteiger partial charge on any atom is 0.338 e. The standard InChI is InChI=1S/C8H7FO3S/c1-13-4-2-5(8(11)12)7(9)6(10)3-4/h2-3,10H,1H3,(H,11,12). The van der Waals surface area contributed by atoms with Crippen molar-refractivity contribution in [3.63, 3.8) is 0 Å². The van der Waals surface area contributed by atoms with Gasteiger partial charge in [0.25, 0.3) is 0 Å². The van der Waals surface area contributed by atoms with Gasteiger partial charge in [-0.1, -0.05) is 0 Å². The largest absolute Gasteiger partial charge is 0.505 e. The molecule has 0 unspecified atom stereocenters. The fraction of sp³-hybridized carbons (Fsp3) is 0.125. The van der Waals surface area contributed by atoms with Crippen molar-refractivity contribution < 1.29 is 19.4 Å². The number of hydrogen-bond donors (Lipinski definition) is 2. The Labute approximate surface area is 78.2 Å². The van der Waals surface area contributed by atoms with Crippen molar-refractivity contribution in [2.75, 3.05) is 6.26 Å². The van der Waals surface area contributed by atoms with Crippen LogP contribution in [0.1, 0.15) is 10.4 Å². The Morgan fingerprint density at radius 3 is 2.62 bits per heavy atom. The van der Waals surface area contributed by atoms with Crippen molar-refractivity contribution >= 4 is 17.7 Å². The zero-order valence-corrected chi connectivity index (χ0v) is 7.56. The molecule has 5 heteroatoms. The van der Waals surface area contributed by atoms with Crippen molar-refractivity contribution in [2.24, 2.45) is 0 Å². The fourth-order valence-corrected chi connectivity index (χ4v) is 1.32. The van der Waals surface area contributed by atoms with Gasteiger partial charge in [-0.25, -0.2) is 9.18 Å². The molecule has 0 heterocycles. The zero-order valence-electron chi connectivity index (χ0n) is 6.74. The molecule has 1 rings (SSSR count). The van der Waals surface area contributed by atoms with E-state index in [-0.39, 0.29) is 0 Å². The first kappa shape index (κ1) is 9.85. The SMILES string of the molecule is CSc1cc(O)c(F)c(C(=O)O)c1. The molecular weight excluding hydrogens is 195 g/mol. The summed E-state index contributed by atoms with van der Waals surface area (Å²) in [5, 5.41) is 17.6. The maximum atomic E-state index is 12.9. The molecule has 0 spiro atoms. The van der Waals surface area contributed by atoms with Crippen LogP contribution in [0.15, 0.2) is 17.0 Å². The molecule has 0 aliphatic heterocycles. The summed E-state index contributed by atoms with van der Waals surface area (Å²) in [4.78, 5) is 11.0. The molecule has 3 nitrogen and oxygen atoms in total. The highest BCUT2D eigenvalue weighted by Gasteiger charge is 2.15. The number of hydrogen-bond acceptors (Lipinski definition) is 3. The number of carboxylic acid groups (broad SMARTS) is 1. The maximum absolute atomic E-state index is 12.9. The summed E-state index contributed by atoms with van der Waals surface area (Å²) in [5.74, 6) is -3.11. The molecule has 0 saturated carbocycles. The van der Waals surface area contributed by atoms with Gasteiger partial charge in [0.15, 0.2) is 11.6 Å². The van der Waals surface area contributed by atoms with Gasteiger partial charge in [0, 0.05) is 4.90 Å². The Morgan fingerprint density at radius 2 is 2.15 bits per heavy atom. The highest BCUT2D eigenvalue weighted by molar-refractivity contribution is 7.98. The van der Waals surface area contributed by atoms with Gasteiger partial charge in [-0.2, -0.15) is 0 Å². The van der Waals surface area contributed by atoms with E-state index in [9.17, 15) is 9.18 Å². The van der Waals surface area contributed by atoms with Crippen LogP contribution >= 0.6 is 11.8 Å². The second-order valence-corrected chi connectivity index (χ2v) is 3.19. The van der Waals surface area contributed by atoms with Gasteiger partial charge in [-0.15, -0.1) is 11.8 Å². The molecule has 1 aromatic rings. The lowest BCUT2D eigenvalue weighted by Crippen LogP contribution is -2.00. The molecule has 70 valence electrons. The zero-order chi connectivity index (χ0) is 10.0. The van der Waals surface area contributed by atoms with Gasteiger partial charge < -0.3 is 10.2 Å². The van der Waals surface area contributed by atoms with Gasteiger partial charge in [0.2, 0.25) is 0 Å². The molecule has 0 saturated heterocycles. The van der Waals surface area contributed by atoms with Crippen LogP contribution in [-0.4, -0.2) is 22.4 Å². The van der Waals surface area contributed by atoms with E-state index < -0.39 is 23.1 Å². The van der Waals surface area contributed by atoms with Gasteiger partial charge in [-0.3, -0.25) is 0 Å². The summed E-state index contributed by atoms with van der Waals surface area (Å²) < 4.78 is 12.9. The summed E-state index contributed by atoms with van der Waals surface area (Å²) in [6, 6.07) is 2.37. The number of phenols is 1. The molecule has 13 heavy (non-hydrogen) atoms. The third kappa shape index (κ3) is 1.92. The molecular formula is C8H7FO3S. The summed E-state index contributed by atoms with van der Waals surface area (Å²) in [6.07, 6.45) is 1.71. The average Bonchev–Trinajstić information content (AvgIpc) is 2.09. The second-order valence-electron chi connectivity index (χ2n) is 2.31. The van der Waals surface area contributed by atoms with Crippen LogP contribution in [0.3, 0.4) is 0 Å². The van der Waals surface area contributed by atoms with Crippen molar-refractivity contribution in [3.05, 3.63) is 23.5 Å². The second kappa shape index (κ2) is 3.66. The van der Waals surface area contributed by atoms with Crippen LogP contribution in [0.2, 0.25) is 0 Å². The van der Waals surface area contributed by atoms with Gasteiger partial charge >= 0.3 is 5.97 Å². The first-order valence-electron chi connectivity index (χ1n) is 3.36. The molecule has 0 bridgehead atoms. The Kier molecular flexibility index (Phi) is 2.77. The van der Waals surface area contributed by atoms with E-state index in [1.165, 1.54) is 23.9 Å². The van der Waals surface area contributed by atoms with Crippen molar-refractivity contribution in [2.45, 2.75) is 4.90 Å². The minimum Gasteiger partial charge on any atom is -0.505 e. The number of halogens is 1. The Hall–Kier alpha value is -1.23. The number of carbonyl (C=O) groups is 1. The predicted molar refractivity (Wildman–Crippen MR) is 46.8 cm³/mol. The smallest absolute Gasteiger partial charge is 0.338 e. The molecule has 0 atom stereocenters. The summed E-state index contributed by atoms with van der Waals surface area (Å²) in [6.45, 7) is 0. The lowest BCUT2D eigenvalue weighted by molar-refractivity contribution is 0.0690. The highest BCUT2D eigenvalue weighted by atomic mass is 32.2. The number of aromatic hydroxyl groups is 1. The van der Waals surface area contributed by atoms with E-state index in [4.69, 9.17) is 10.2 Å². The molecule has 0 aromatic heterocycles. The van der Waals surface area contributed by atoms with Gasteiger partial charge in [0.05, 0.1) is 0 Å². The molecule has 0 radical (unpaired) electrons. The van der Waals surface area contributed by atoms with Crippen LogP contribution in [0, 0.1) is 5.82 Å². The minimum absolute atomic E-state index is 0.510. The quantitative estimate of drug-likeness (QED) is 0.719. The minimum atomic E-state index is -1.39. The first-order valence-corrected chi connectivity index (χ1v) is 4.58. The van der Waals surface area contributed by atoms with E-state index in [1.54, 1.807) is 6.26 Å². The Balaban J connectivity index is 3.33. The van der Waals surface area contributed by atoms with E-state index in [1.807, 2.05) is 0 Å². The third-order valence-electron chi connectivity index (χ3n) is 1.49. The lowest BCUT2D eigenvalue weighted by atomic mass is 10.2. The normalized spacial score (nSPS) is 10.0. The molecule has 0 amide bonds. The van der Waals surface area contributed by atoms with E-state index in [0.717, 1.165) is 0 Å². The monoisotopic (exact) mass is 202 g/mol. The van der Waals surface area contributed by atoms with E-state index in [2.05, 4.69) is 0 Å². The first-order chi connectivity index (χ1) is 6.06. The van der Waals surface area contributed by atoms with E-state index in [0.29, 0.717) is 4.90 Å². The van der Waals surface area contributed by atoms with Crippen LogP contribution in [-0.2, 0) is 0 Å². The molecule has 0 fully saturated rings. The average molecular weight is 202 g/mol. The number of phenolic OH excluding ortho intramolecular Hbond substituents is 1. The number of benzene rings is 1. The third-order valence-corrected chi connectivity index (χ3v) is 2.20. The number of thioether (sulfide) groups is 1. The van der Waals surface area contributed by atoms with Crippen LogP contribution in [0.4, 0.5) is 4.39 Å². The molecule has 1 aromatic carbocycles. The highest BCUT2D eigenvalue weighted by Crippen LogP contribution is 2.26. The van der Waals surface area contributed by atoms with Crippen LogP contribution < -0.4 is 0 Å². The van der Waals surface area contributed by atoms with Crippen LogP contribution in [0.5, 0.6) is 5.75 Å². The number of carboxylic acids is 1. The van der Waals surface area contributed by atoms with Gasteiger partial charge in [-0.05, 0) is 18.4 Å². The van der Waals surface area contributed by atoms with E-state index >= 15 is 0 Å². The van der Waals surface area contributed by atoms with Crippen molar-refractivity contribution in [1.82, 2.24) is 0 Å². The Bertz CT molecular complexity index is 351. The number of aromatic carboxylic acids is 1. The molecule has 2 N–H and O–H groups in total. The summed E-state index contributed by atoms with van der Waals surface area (Å²) in [7, 11) is 0. The van der Waals surface area contributed by atoms with Crippen LogP contribution in [0.25, 0.3) is 0 Å². The molecule has 0 aliphatic rings. The summed E-state index contributed by atoms with van der Waals surface area (Å²) in [5.41, 5.74) is -0.510. The van der Waals surface area contributed by atoms with Crippen molar-refractivity contribution in [3.8, 4) is 5.75 Å². The Morgan fingerprint density at radius 1 is 1.54 bits per heavy atom. The van der Waals surface area contributed by atoms with Crippen molar-refractivity contribution in [1.29, 1.82) is 0 Å². The molecule has 0 aliphatic carbocycles.